The molecule has 0 atom stereocenters. The van der Waals surface area contributed by atoms with E-state index >= 15 is 0 Å². The number of nitrogens with one attached hydrogen (secondary N) is 3. The Hall–Kier alpha value is -3.68. The fourth-order valence-electron chi connectivity index (χ4n) is 3.73. The predicted molar refractivity (Wildman–Crippen MR) is 130 cm³/mol. The van der Waals surface area contributed by atoms with Crippen molar-refractivity contribution in [2.24, 2.45) is 0 Å². The van der Waals surface area contributed by atoms with Gasteiger partial charge >= 0.3 is 10.2 Å². The van der Waals surface area contributed by atoms with Gasteiger partial charge in [0, 0.05) is 30.4 Å². The fourth-order valence-corrected chi connectivity index (χ4v) is 4.43. The molecule has 1 aliphatic heterocycles. The van der Waals surface area contributed by atoms with Gasteiger partial charge in [-0.3, -0.25) is 19.8 Å². The summed E-state index contributed by atoms with van der Waals surface area (Å²) in [5, 5.41) is 13.2. The van der Waals surface area contributed by atoms with Crippen LogP contribution in [0.2, 0.25) is 0 Å². The minimum absolute atomic E-state index is 0.00466. The van der Waals surface area contributed by atoms with E-state index in [1.54, 1.807) is 13.0 Å². The molecule has 3 rings (SSSR count). The number of ether oxygens (including phenoxy) is 1. The number of hydrogen-bond donors (Lipinski definition) is 3. The minimum atomic E-state index is -10.2. The third kappa shape index (κ3) is 6.37. The van der Waals surface area contributed by atoms with Crippen molar-refractivity contribution in [2.45, 2.75) is 25.3 Å². The number of fused-ring (bicyclic) bond motifs is 1. The molecule has 202 valence electrons. The maximum atomic E-state index is 13.6. The van der Waals surface area contributed by atoms with E-state index in [4.69, 9.17) is 10.1 Å². The van der Waals surface area contributed by atoms with Crippen molar-refractivity contribution in [2.75, 3.05) is 32.1 Å². The largest absolute Gasteiger partial charge is 0.493 e. The second-order valence-corrected chi connectivity index (χ2v) is 10.8. The van der Waals surface area contributed by atoms with Crippen LogP contribution >= 0.6 is 10.2 Å². The second kappa shape index (κ2) is 9.01. The molecule has 0 aromatic heterocycles. The summed E-state index contributed by atoms with van der Waals surface area (Å²) in [6.07, 6.45) is 0. The van der Waals surface area contributed by atoms with Crippen LogP contribution in [-0.2, 0) is 11.3 Å². The number of Topliss-reactive ketones (excluding diaryl/α,β-unsaturated/α-hetero) is 2. The van der Waals surface area contributed by atoms with E-state index in [1.165, 1.54) is 18.0 Å². The van der Waals surface area contributed by atoms with Crippen molar-refractivity contribution in [3.05, 3.63) is 52.6 Å². The molecule has 0 fully saturated rings. The highest BCUT2D eigenvalue weighted by Gasteiger charge is 2.65. The summed E-state index contributed by atoms with van der Waals surface area (Å²) in [4.78, 5) is 35.4. The van der Waals surface area contributed by atoms with Gasteiger partial charge in [0.25, 0.3) is 5.91 Å². The second-order valence-electron chi connectivity index (χ2n) is 8.42. The average Bonchev–Trinajstić information content (AvgIpc) is 3.09. The van der Waals surface area contributed by atoms with Crippen LogP contribution in [0.1, 0.15) is 45.7 Å². The van der Waals surface area contributed by atoms with Crippen LogP contribution in [0.15, 0.2) is 35.2 Å². The zero-order valence-corrected chi connectivity index (χ0v) is 20.9. The molecule has 1 amide bonds. The number of carbonyl (C=O) groups excluding carboxylic acids is 3. The lowest BCUT2D eigenvalue weighted by Gasteiger charge is -2.41. The lowest BCUT2D eigenvalue weighted by Crippen LogP contribution is -2.30. The molecule has 1 aliphatic rings. The fraction of sp³-hybridized carbons (Fsp3) is 0.304. The van der Waals surface area contributed by atoms with E-state index in [1.807, 2.05) is 0 Å². The standard InChI is InChI=1S/C23H25F5N4O4S/c1-4-36-21-7-15-11-32(22(29)18(15)9-19(21)23(35)30-3)12-20(34)14-5-16(31-10-13(2)33)8-17(6-14)37(24,25,26,27)28/h5-9,29,31H,4,10-12H2,1-3H3,(H,30,35). The van der Waals surface area contributed by atoms with Crippen LogP contribution < -0.4 is 15.4 Å². The number of amides is 1. The first kappa shape index (κ1) is 27.9. The van der Waals surface area contributed by atoms with Crippen LogP contribution in [0.25, 0.3) is 0 Å². The monoisotopic (exact) mass is 548 g/mol. The van der Waals surface area contributed by atoms with Gasteiger partial charge in [-0.25, -0.2) is 0 Å². The van der Waals surface area contributed by atoms with Gasteiger partial charge in [-0.1, -0.05) is 19.4 Å². The first-order valence-electron chi connectivity index (χ1n) is 10.9. The number of hydrogen-bond acceptors (Lipinski definition) is 6. The molecule has 37 heavy (non-hydrogen) atoms. The van der Waals surface area contributed by atoms with Crippen molar-refractivity contribution < 1.29 is 38.5 Å². The molecule has 0 spiro atoms. The van der Waals surface area contributed by atoms with Crippen LogP contribution in [0.3, 0.4) is 0 Å². The zero-order valence-electron chi connectivity index (χ0n) is 20.1. The van der Waals surface area contributed by atoms with Crippen molar-refractivity contribution in [3.8, 4) is 5.75 Å². The van der Waals surface area contributed by atoms with Gasteiger partial charge in [0.05, 0.1) is 25.3 Å². The third-order valence-corrected chi connectivity index (χ3v) is 6.59. The van der Waals surface area contributed by atoms with Gasteiger partial charge in [-0.15, -0.1) is 0 Å². The number of carbonyl (C=O) groups is 3. The highest BCUT2D eigenvalue weighted by molar-refractivity contribution is 8.45. The summed E-state index contributed by atoms with van der Waals surface area (Å²) >= 11 is 0. The Kier molecular flexibility index (Phi) is 6.79. The van der Waals surface area contributed by atoms with Crippen LogP contribution in [0.4, 0.5) is 25.1 Å². The van der Waals surface area contributed by atoms with Crippen LogP contribution in [0.5, 0.6) is 5.75 Å². The summed E-state index contributed by atoms with van der Waals surface area (Å²) < 4.78 is 73.3. The third-order valence-electron chi connectivity index (χ3n) is 5.46. The Morgan fingerprint density at radius 3 is 2.32 bits per heavy atom. The van der Waals surface area contributed by atoms with Gasteiger partial charge < -0.3 is 20.3 Å². The van der Waals surface area contributed by atoms with Crippen molar-refractivity contribution in [3.63, 3.8) is 0 Å². The summed E-state index contributed by atoms with van der Waals surface area (Å²) in [5.41, 5.74) is -0.119. The van der Waals surface area contributed by atoms with Crippen molar-refractivity contribution in [1.82, 2.24) is 10.2 Å². The molecule has 14 heteroatoms. The van der Waals surface area contributed by atoms with Crippen LogP contribution in [0, 0.1) is 5.41 Å². The number of amidine groups is 1. The summed E-state index contributed by atoms with van der Waals surface area (Å²) in [7, 11) is -8.73. The SMILES string of the molecule is CCOc1cc2c(cc1C(=O)NC)C(=N)N(CC(=O)c1cc(NCC(C)=O)cc(S(F)(F)(F)(F)F)c1)C2. The average molecular weight is 549 g/mol. The van der Waals surface area contributed by atoms with Gasteiger partial charge in [0.2, 0.25) is 0 Å². The number of nitrogens with zero attached hydrogens (tertiary/aromatic N) is 1. The molecule has 0 bridgehead atoms. The maximum Gasteiger partial charge on any atom is 0.310 e. The van der Waals surface area contributed by atoms with E-state index in [9.17, 15) is 33.8 Å². The van der Waals surface area contributed by atoms with Crippen LogP contribution in [-0.4, -0.2) is 55.0 Å². The summed E-state index contributed by atoms with van der Waals surface area (Å²) in [5.74, 6) is -1.80. The van der Waals surface area contributed by atoms with Gasteiger partial charge in [-0.2, -0.15) is 0 Å². The van der Waals surface area contributed by atoms with E-state index in [2.05, 4.69) is 10.6 Å². The first-order chi connectivity index (χ1) is 16.9. The highest BCUT2D eigenvalue weighted by Crippen LogP contribution is 3.02. The number of halogens is 5. The molecule has 0 aliphatic carbocycles. The zero-order chi connectivity index (χ0) is 27.8. The number of anilines is 1. The van der Waals surface area contributed by atoms with E-state index in [0.717, 1.165) is 13.0 Å². The number of rotatable bonds is 10. The minimum Gasteiger partial charge on any atom is -0.493 e. The normalized spacial score (nSPS) is 14.9. The summed E-state index contributed by atoms with van der Waals surface area (Å²) in [6.45, 7) is 2.10. The molecule has 0 unspecified atom stereocenters. The van der Waals surface area contributed by atoms with Gasteiger partial charge in [0.1, 0.15) is 22.3 Å². The lowest BCUT2D eigenvalue weighted by atomic mass is 10.0. The molecular formula is C23H25F5N4O4S. The van der Waals surface area contributed by atoms with E-state index < -0.39 is 56.9 Å². The molecule has 2 aromatic carbocycles. The van der Waals surface area contributed by atoms with Crippen molar-refractivity contribution in [1.29, 1.82) is 5.41 Å². The molecule has 1 heterocycles. The molecule has 0 radical (unpaired) electrons. The highest BCUT2D eigenvalue weighted by atomic mass is 32.5. The molecule has 0 saturated carbocycles. The maximum absolute atomic E-state index is 13.6. The van der Waals surface area contributed by atoms with Gasteiger partial charge in [0.15, 0.2) is 5.78 Å². The van der Waals surface area contributed by atoms with E-state index in [-0.39, 0.29) is 42.4 Å². The quantitative estimate of drug-likeness (QED) is 0.281. The molecule has 3 N–H and O–H groups in total. The van der Waals surface area contributed by atoms with Gasteiger partial charge in [-0.05, 0) is 49.7 Å². The van der Waals surface area contributed by atoms with E-state index in [0.29, 0.717) is 11.1 Å². The topological polar surface area (TPSA) is 112 Å². The Labute approximate surface area is 209 Å². The lowest BCUT2D eigenvalue weighted by molar-refractivity contribution is -0.115. The molecule has 8 nitrogen and oxygen atoms in total. The Morgan fingerprint density at radius 1 is 1.08 bits per heavy atom. The molecule has 2 aromatic rings. The predicted octanol–water partition coefficient (Wildman–Crippen LogP) is 5.13. The Bertz CT molecular complexity index is 1320. The first-order valence-corrected chi connectivity index (χ1v) is 12.9. The Morgan fingerprint density at radius 2 is 1.76 bits per heavy atom. The molecule has 0 saturated heterocycles. The smallest absolute Gasteiger partial charge is 0.310 e. The number of ketones is 2. The molecular weight excluding hydrogens is 523 g/mol. The summed E-state index contributed by atoms with van der Waals surface area (Å²) in [6, 6.07) is 4.14. The van der Waals surface area contributed by atoms with Crippen molar-refractivity contribution >= 4 is 39.2 Å². The number of benzene rings is 2. The Balaban J connectivity index is 1.94.